The van der Waals surface area contributed by atoms with Crippen molar-refractivity contribution in [3.8, 4) is 5.75 Å². The first kappa shape index (κ1) is 24.9. The fourth-order valence-corrected chi connectivity index (χ4v) is 4.02. The lowest BCUT2D eigenvalue weighted by Crippen LogP contribution is -2.46. The molecule has 1 aliphatic rings. The minimum atomic E-state index is -4.35. The summed E-state index contributed by atoms with van der Waals surface area (Å²) < 4.78 is 44.7. The summed E-state index contributed by atoms with van der Waals surface area (Å²) in [6.45, 7) is 4.75. The van der Waals surface area contributed by atoms with Crippen molar-refractivity contribution in [1.82, 2.24) is 4.90 Å². The number of para-hydroxylation sites is 1. The van der Waals surface area contributed by atoms with E-state index >= 15 is 0 Å². The number of piperazine rings is 1. The Morgan fingerprint density at radius 1 is 0.758 bits per heavy atom. The highest BCUT2D eigenvalue weighted by molar-refractivity contribution is 5.85. The summed E-state index contributed by atoms with van der Waals surface area (Å²) in [5.41, 5.74) is 1.60. The molecule has 0 aliphatic carbocycles. The van der Waals surface area contributed by atoms with Gasteiger partial charge in [-0.25, -0.2) is 0 Å². The van der Waals surface area contributed by atoms with Crippen molar-refractivity contribution in [2.75, 3.05) is 37.6 Å². The molecule has 1 atom stereocenters. The van der Waals surface area contributed by atoms with E-state index in [1.54, 1.807) is 0 Å². The number of halogens is 4. The standard InChI is InChI=1S/C26H27F3N2O.ClH/c27-26(28,29)22-11-13-24(14-12-22)32-25(21-7-3-1-4-8-21)15-16-30-17-19-31(20-18-30)23-9-5-2-6-10-23;/h1-14,25H,15-20H2;1H. The van der Waals surface area contributed by atoms with Gasteiger partial charge in [0.2, 0.25) is 0 Å². The van der Waals surface area contributed by atoms with Gasteiger partial charge in [0.1, 0.15) is 11.9 Å². The van der Waals surface area contributed by atoms with Crippen molar-refractivity contribution in [1.29, 1.82) is 0 Å². The molecule has 1 heterocycles. The second kappa shape index (κ2) is 11.4. The number of hydrogen-bond donors (Lipinski definition) is 0. The molecule has 1 aliphatic heterocycles. The summed E-state index contributed by atoms with van der Waals surface area (Å²) in [6, 6.07) is 25.2. The van der Waals surface area contributed by atoms with E-state index in [2.05, 4.69) is 34.1 Å². The lowest BCUT2D eigenvalue weighted by Gasteiger charge is -2.36. The van der Waals surface area contributed by atoms with Crippen molar-refractivity contribution < 1.29 is 17.9 Å². The number of nitrogens with zero attached hydrogens (tertiary/aromatic N) is 2. The van der Waals surface area contributed by atoms with E-state index in [1.165, 1.54) is 17.8 Å². The van der Waals surface area contributed by atoms with E-state index < -0.39 is 11.7 Å². The van der Waals surface area contributed by atoms with Gasteiger partial charge in [0.25, 0.3) is 0 Å². The van der Waals surface area contributed by atoms with Gasteiger partial charge >= 0.3 is 6.18 Å². The second-order valence-corrected chi connectivity index (χ2v) is 7.99. The maximum absolute atomic E-state index is 12.9. The molecule has 3 nitrogen and oxygen atoms in total. The summed E-state index contributed by atoms with van der Waals surface area (Å²) in [5, 5.41) is 0. The maximum atomic E-state index is 12.9. The molecule has 1 fully saturated rings. The number of ether oxygens (including phenoxy) is 1. The third-order valence-electron chi connectivity index (χ3n) is 5.83. The molecule has 33 heavy (non-hydrogen) atoms. The van der Waals surface area contributed by atoms with Gasteiger partial charge in [-0.3, -0.25) is 4.90 Å². The zero-order valence-electron chi connectivity index (χ0n) is 18.2. The number of hydrogen-bond acceptors (Lipinski definition) is 3. The molecule has 7 heteroatoms. The fourth-order valence-electron chi connectivity index (χ4n) is 4.02. The Hall–Kier alpha value is -2.70. The van der Waals surface area contributed by atoms with Gasteiger partial charge in [-0.05, 0) is 42.0 Å². The first-order valence-electron chi connectivity index (χ1n) is 10.9. The molecular weight excluding hydrogens is 449 g/mol. The highest BCUT2D eigenvalue weighted by atomic mass is 35.5. The molecule has 1 unspecified atom stereocenters. The van der Waals surface area contributed by atoms with Gasteiger partial charge in [-0.2, -0.15) is 13.2 Å². The zero-order chi connectivity index (χ0) is 22.4. The predicted molar refractivity (Wildman–Crippen MR) is 128 cm³/mol. The minimum Gasteiger partial charge on any atom is -0.486 e. The van der Waals surface area contributed by atoms with Crippen LogP contribution < -0.4 is 9.64 Å². The van der Waals surface area contributed by atoms with E-state index in [1.807, 2.05) is 36.4 Å². The van der Waals surface area contributed by atoms with Gasteiger partial charge in [-0.15, -0.1) is 12.4 Å². The minimum absolute atomic E-state index is 0. The predicted octanol–water partition coefficient (Wildman–Crippen LogP) is 6.46. The van der Waals surface area contributed by atoms with Crippen LogP contribution in [0.3, 0.4) is 0 Å². The number of benzene rings is 3. The molecule has 3 aromatic carbocycles. The van der Waals surface area contributed by atoms with Gasteiger partial charge in [0, 0.05) is 44.8 Å². The van der Waals surface area contributed by atoms with Crippen LogP contribution >= 0.6 is 12.4 Å². The Bertz CT molecular complexity index is 960. The molecule has 0 radical (unpaired) electrons. The number of alkyl halides is 3. The molecule has 1 saturated heterocycles. The van der Waals surface area contributed by atoms with Crippen molar-refractivity contribution in [2.24, 2.45) is 0 Å². The molecule has 3 aromatic rings. The van der Waals surface area contributed by atoms with E-state index in [0.717, 1.165) is 56.8 Å². The Balaban J connectivity index is 0.00000306. The van der Waals surface area contributed by atoms with Crippen LogP contribution in [0.1, 0.15) is 23.7 Å². The quantitative estimate of drug-likeness (QED) is 0.389. The lowest BCUT2D eigenvalue weighted by molar-refractivity contribution is -0.137. The van der Waals surface area contributed by atoms with E-state index in [-0.39, 0.29) is 18.5 Å². The van der Waals surface area contributed by atoms with Crippen LogP contribution in [-0.2, 0) is 6.18 Å². The molecule has 0 saturated carbocycles. The summed E-state index contributed by atoms with van der Waals surface area (Å²) in [4.78, 5) is 4.81. The van der Waals surface area contributed by atoms with Crippen LogP contribution in [0.2, 0.25) is 0 Å². The third kappa shape index (κ3) is 6.89. The molecule has 0 bridgehead atoms. The lowest BCUT2D eigenvalue weighted by atomic mass is 10.1. The molecule has 0 amide bonds. The van der Waals surface area contributed by atoms with Gasteiger partial charge in [0.05, 0.1) is 5.56 Å². The zero-order valence-corrected chi connectivity index (χ0v) is 19.1. The summed E-state index contributed by atoms with van der Waals surface area (Å²) in [7, 11) is 0. The first-order chi connectivity index (χ1) is 15.5. The van der Waals surface area contributed by atoms with Gasteiger partial charge in [0.15, 0.2) is 0 Å². The molecular formula is C26H28ClF3N2O. The van der Waals surface area contributed by atoms with E-state index in [4.69, 9.17) is 4.74 Å². The highest BCUT2D eigenvalue weighted by Gasteiger charge is 2.30. The summed E-state index contributed by atoms with van der Waals surface area (Å²) >= 11 is 0. The average molecular weight is 477 g/mol. The normalized spacial score (nSPS) is 15.5. The van der Waals surface area contributed by atoms with Crippen molar-refractivity contribution in [3.63, 3.8) is 0 Å². The van der Waals surface area contributed by atoms with Crippen molar-refractivity contribution >= 4 is 18.1 Å². The van der Waals surface area contributed by atoms with Crippen LogP contribution in [0.4, 0.5) is 18.9 Å². The highest BCUT2D eigenvalue weighted by Crippen LogP contribution is 2.32. The van der Waals surface area contributed by atoms with Crippen LogP contribution in [0.25, 0.3) is 0 Å². The fraction of sp³-hybridized carbons (Fsp3) is 0.308. The SMILES string of the molecule is Cl.FC(F)(F)c1ccc(OC(CCN2CCN(c3ccccc3)CC2)c2ccccc2)cc1. The Kier molecular flexibility index (Phi) is 8.64. The van der Waals surface area contributed by atoms with Gasteiger partial charge in [-0.1, -0.05) is 48.5 Å². The summed E-state index contributed by atoms with van der Waals surface area (Å²) in [6.07, 6.45) is -3.81. The third-order valence-corrected chi connectivity index (χ3v) is 5.83. The van der Waals surface area contributed by atoms with Crippen LogP contribution in [-0.4, -0.2) is 37.6 Å². The van der Waals surface area contributed by atoms with E-state index in [9.17, 15) is 13.2 Å². The Morgan fingerprint density at radius 2 is 1.33 bits per heavy atom. The van der Waals surface area contributed by atoms with E-state index in [0.29, 0.717) is 5.75 Å². The molecule has 0 aromatic heterocycles. The monoisotopic (exact) mass is 476 g/mol. The second-order valence-electron chi connectivity index (χ2n) is 7.99. The molecule has 176 valence electrons. The van der Waals surface area contributed by atoms with Crippen LogP contribution in [0, 0.1) is 0 Å². The summed E-state index contributed by atoms with van der Waals surface area (Å²) in [5.74, 6) is 0.445. The molecule has 0 N–H and O–H groups in total. The van der Waals surface area contributed by atoms with Crippen molar-refractivity contribution in [3.05, 3.63) is 96.1 Å². The number of rotatable bonds is 7. The Morgan fingerprint density at radius 3 is 1.91 bits per heavy atom. The average Bonchev–Trinajstić information content (AvgIpc) is 2.83. The van der Waals surface area contributed by atoms with Gasteiger partial charge < -0.3 is 9.64 Å². The topological polar surface area (TPSA) is 15.7 Å². The van der Waals surface area contributed by atoms with Crippen LogP contribution in [0.15, 0.2) is 84.9 Å². The smallest absolute Gasteiger partial charge is 0.416 e. The Labute approximate surface area is 199 Å². The largest absolute Gasteiger partial charge is 0.486 e. The molecule has 4 rings (SSSR count). The first-order valence-corrected chi connectivity index (χ1v) is 10.9. The number of anilines is 1. The van der Waals surface area contributed by atoms with Crippen molar-refractivity contribution in [2.45, 2.75) is 18.7 Å². The molecule has 0 spiro atoms. The maximum Gasteiger partial charge on any atom is 0.416 e. The van der Waals surface area contributed by atoms with Crippen LogP contribution in [0.5, 0.6) is 5.75 Å².